The molecule has 4 nitrogen and oxygen atoms in total. The van der Waals surface area contributed by atoms with Crippen LogP contribution in [0.4, 0.5) is 18.0 Å². The van der Waals surface area contributed by atoms with Crippen molar-refractivity contribution in [3.05, 3.63) is 35.4 Å². The predicted molar refractivity (Wildman–Crippen MR) is 93.8 cm³/mol. The van der Waals surface area contributed by atoms with Gasteiger partial charge in [0.2, 0.25) is 0 Å². The fourth-order valence-electron chi connectivity index (χ4n) is 3.82. The predicted octanol–water partition coefficient (Wildman–Crippen LogP) is 3.61. The molecule has 2 amide bonds. The maximum absolute atomic E-state index is 12.6. The van der Waals surface area contributed by atoms with Gasteiger partial charge in [0.1, 0.15) is 0 Å². The Hall–Kier alpha value is -1.76. The van der Waals surface area contributed by atoms with Gasteiger partial charge in [-0.1, -0.05) is 30.7 Å². The lowest BCUT2D eigenvalue weighted by molar-refractivity contribution is -0.127. The molecule has 7 heteroatoms. The summed E-state index contributed by atoms with van der Waals surface area (Å²) in [5.74, 6) is 0. The van der Waals surface area contributed by atoms with Gasteiger partial charge in [-0.15, -0.1) is 0 Å². The number of nitrogens with zero attached hydrogens (tertiary/aromatic N) is 1. The second-order valence-electron chi connectivity index (χ2n) is 7.31. The molecule has 1 aromatic rings. The highest BCUT2D eigenvalue weighted by Crippen LogP contribution is 2.28. The van der Waals surface area contributed by atoms with E-state index in [2.05, 4.69) is 15.5 Å². The number of halogens is 3. The number of nitrogens with one attached hydrogen (secondary N) is 2. The number of hydrogen-bond acceptors (Lipinski definition) is 2. The van der Waals surface area contributed by atoms with Crippen molar-refractivity contribution >= 4 is 6.03 Å². The zero-order valence-corrected chi connectivity index (χ0v) is 14.8. The van der Waals surface area contributed by atoms with Crippen LogP contribution in [0.25, 0.3) is 0 Å². The van der Waals surface area contributed by atoms with Crippen LogP contribution in [0.5, 0.6) is 0 Å². The van der Waals surface area contributed by atoms with E-state index in [4.69, 9.17) is 0 Å². The summed E-state index contributed by atoms with van der Waals surface area (Å²) in [5, 5.41) is 5.61. The Morgan fingerprint density at radius 2 is 1.73 bits per heavy atom. The third-order valence-corrected chi connectivity index (χ3v) is 5.30. The first kappa shape index (κ1) is 19.0. The summed E-state index contributed by atoms with van der Waals surface area (Å²) in [4.78, 5) is 14.5. The summed E-state index contributed by atoms with van der Waals surface area (Å²) in [6.07, 6.45) is 0.498. The Bertz CT molecular complexity index is 608. The Balaban J connectivity index is 1.41. The second kappa shape index (κ2) is 8.29. The van der Waals surface area contributed by atoms with E-state index in [1.807, 2.05) is 0 Å². The summed E-state index contributed by atoms with van der Waals surface area (Å²) >= 11 is 0. The van der Waals surface area contributed by atoms with Crippen LogP contribution < -0.4 is 10.6 Å². The number of benzene rings is 1. The molecule has 1 aromatic carbocycles. The van der Waals surface area contributed by atoms with Crippen molar-refractivity contribution in [3.63, 3.8) is 0 Å². The SMILES string of the molecule is O=C(NCc1ccccc1CC(F)(F)F)NC1CC(N2CCCCC2)C1. The minimum absolute atomic E-state index is 0.0976. The molecule has 2 fully saturated rings. The van der Waals surface area contributed by atoms with Crippen molar-refractivity contribution < 1.29 is 18.0 Å². The van der Waals surface area contributed by atoms with Crippen LogP contribution in [0.2, 0.25) is 0 Å². The standard InChI is InChI=1S/C19H26F3N3O/c20-19(21,22)12-14-6-2-3-7-15(14)13-23-18(26)24-16-10-17(11-16)25-8-4-1-5-9-25/h2-3,6-7,16-17H,1,4-5,8-13H2,(H2,23,24,26). The van der Waals surface area contributed by atoms with Gasteiger partial charge in [-0.25, -0.2) is 4.79 Å². The molecule has 0 unspecified atom stereocenters. The van der Waals surface area contributed by atoms with Crippen LogP contribution in [0.3, 0.4) is 0 Å². The lowest BCUT2D eigenvalue weighted by Gasteiger charge is -2.44. The summed E-state index contributed by atoms with van der Waals surface area (Å²) < 4.78 is 37.9. The Labute approximate surface area is 152 Å². The molecule has 0 atom stereocenters. The van der Waals surface area contributed by atoms with Gasteiger partial charge in [-0.2, -0.15) is 13.2 Å². The molecule has 1 aliphatic carbocycles. The van der Waals surface area contributed by atoms with Gasteiger partial charge >= 0.3 is 12.2 Å². The second-order valence-corrected chi connectivity index (χ2v) is 7.31. The number of piperidine rings is 1. The first-order chi connectivity index (χ1) is 12.4. The van der Waals surface area contributed by atoms with Crippen molar-refractivity contribution in [2.75, 3.05) is 13.1 Å². The molecule has 26 heavy (non-hydrogen) atoms. The molecule has 144 valence electrons. The molecular formula is C19H26F3N3O. The molecule has 0 aromatic heterocycles. The average Bonchev–Trinajstić information content (AvgIpc) is 2.56. The molecule has 0 bridgehead atoms. The minimum Gasteiger partial charge on any atom is -0.335 e. The molecule has 2 aliphatic rings. The quantitative estimate of drug-likeness (QED) is 0.833. The number of alkyl halides is 3. The van der Waals surface area contributed by atoms with Gasteiger partial charge in [-0.05, 0) is 49.9 Å². The van der Waals surface area contributed by atoms with Crippen molar-refractivity contribution in [2.24, 2.45) is 0 Å². The average molecular weight is 369 g/mol. The monoisotopic (exact) mass is 369 g/mol. The number of likely N-dealkylation sites (tertiary alicyclic amines) is 1. The van der Waals surface area contributed by atoms with E-state index in [0.717, 1.165) is 25.9 Å². The normalized spacial score (nSPS) is 24.0. The molecule has 0 spiro atoms. The fourth-order valence-corrected chi connectivity index (χ4v) is 3.82. The smallest absolute Gasteiger partial charge is 0.335 e. The lowest BCUT2D eigenvalue weighted by Crippen LogP contribution is -2.56. The number of amides is 2. The van der Waals surface area contributed by atoms with E-state index in [9.17, 15) is 18.0 Å². The van der Waals surface area contributed by atoms with Crippen LogP contribution >= 0.6 is 0 Å². The molecule has 1 saturated heterocycles. The lowest BCUT2D eigenvalue weighted by atomic mass is 9.84. The summed E-state index contributed by atoms with van der Waals surface area (Å²) in [6, 6.07) is 6.76. The summed E-state index contributed by atoms with van der Waals surface area (Å²) in [6.45, 7) is 2.40. The van der Waals surface area contributed by atoms with E-state index in [1.54, 1.807) is 18.2 Å². The van der Waals surface area contributed by atoms with Crippen LogP contribution in [0, 0.1) is 0 Å². The minimum atomic E-state index is -4.26. The van der Waals surface area contributed by atoms with E-state index >= 15 is 0 Å². The maximum Gasteiger partial charge on any atom is 0.393 e. The molecule has 1 heterocycles. The number of carbonyl (C=O) groups is 1. The van der Waals surface area contributed by atoms with Crippen molar-refractivity contribution in [2.45, 2.75) is 63.3 Å². The van der Waals surface area contributed by atoms with Gasteiger partial charge in [-0.3, -0.25) is 0 Å². The summed E-state index contributed by atoms with van der Waals surface area (Å²) in [7, 11) is 0. The Morgan fingerprint density at radius 3 is 2.38 bits per heavy atom. The van der Waals surface area contributed by atoms with Gasteiger partial charge in [0.25, 0.3) is 0 Å². The van der Waals surface area contributed by atoms with Crippen molar-refractivity contribution in [1.29, 1.82) is 0 Å². The zero-order chi connectivity index (χ0) is 18.6. The number of hydrogen-bond donors (Lipinski definition) is 2. The molecular weight excluding hydrogens is 343 g/mol. The van der Waals surface area contributed by atoms with E-state index in [1.165, 1.54) is 25.3 Å². The largest absolute Gasteiger partial charge is 0.393 e. The first-order valence-electron chi connectivity index (χ1n) is 9.32. The topological polar surface area (TPSA) is 44.4 Å². The highest BCUT2D eigenvalue weighted by Gasteiger charge is 2.34. The molecule has 1 aliphatic heterocycles. The van der Waals surface area contributed by atoms with Crippen LogP contribution in [-0.2, 0) is 13.0 Å². The number of carbonyl (C=O) groups excluding carboxylic acids is 1. The first-order valence-corrected chi connectivity index (χ1v) is 9.32. The molecule has 0 radical (unpaired) electrons. The molecule has 3 rings (SSSR count). The van der Waals surface area contributed by atoms with Crippen LogP contribution in [0.15, 0.2) is 24.3 Å². The van der Waals surface area contributed by atoms with E-state index in [0.29, 0.717) is 11.6 Å². The molecule has 2 N–H and O–H groups in total. The van der Waals surface area contributed by atoms with Gasteiger partial charge < -0.3 is 15.5 Å². The Kier molecular flexibility index (Phi) is 6.06. The third kappa shape index (κ3) is 5.37. The highest BCUT2D eigenvalue weighted by molar-refractivity contribution is 5.74. The maximum atomic E-state index is 12.6. The third-order valence-electron chi connectivity index (χ3n) is 5.30. The van der Waals surface area contributed by atoms with E-state index < -0.39 is 12.6 Å². The number of rotatable bonds is 5. The van der Waals surface area contributed by atoms with Gasteiger partial charge in [0, 0.05) is 18.6 Å². The van der Waals surface area contributed by atoms with Crippen molar-refractivity contribution in [1.82, 2.24) is 15.5 Å². The highest BCUT2D eigenvalue weighted by atomic mass is 19.4. The van der Waals surface area contributed by atoms with E-state index in [-0.39, 0.29) is 24.2 Å². The Morgan fingerprint density at radius 1 is 1.08 bits per heavy atom. The number of urea groups is 1. The van der Waals surface area contributed by atoms with Crippen LogP contribution in [-0.4, -0.2) is 42.3 Å². The zero-order valence-electron chi connectivity index (χ0n) is 14.8. The van der Waals surface area contributed by atoms with Crippen LogP contribution in [0.1, 0.15) is 43.2 Å². The molecule has 1 saturated carbocycles. The fraction of sp³-hybridized carbons (Fsp3) is 0.632. The van der Waals surface area contributed by atoms with Gasteiger partial charge in [0.15, 0.2) is 0 Å². The van der Waals surface area contributed by atoms with Gasteiger partial charge in [0.05, 0.1) is 6.42 Å². The van der Waals surface area contributed by atoms with Crippen molar-refractivity contribution in [3.8, 4) is 0 Å². The summed E-state index contributed by atoms with van der Waals surface area (Å²) in [5.41, 5.74) is 0.703.